The van der Waals surface area contributed by atoms with Gasteiger partial charge in [-0.05, 0) is 27.2 Å². The number of hydroxylamine groups is 1. The van der Waals surface area contributed by atoms with Gasteiger partial charge in [0.25, 0.3) is 0 Å². The van der Waals surface area contributed by atoms with Gasteiger partial charge in [0.2, 0.25) is 5.91 Å². The first-order valence-corrected chi connectivity index (χ1v) is 4.84. The molecule has 0 aliphatic carbocycles. The summed E-state index contributed by atoms with van der Waals surface area (Å²) < 4.78 is 0. The highest BCUT2D eigenvalue weighted by atomic mass is 16.7. The molecule has 0 heterocycles. The van der Waals surface area contributed by atoms with Crippen LogP contribution in [0.4, 0.5) is 0 Å². The SMILES string of the molecule is CCCC(C)C(=O)NOC(C)(C)C. The van der Waals surface area contributed by atoms with Gasteiger partial charge < -0.3 is 0 Å². The molecule has 0 aliphatic rings. The maximum atomic E-state index is 11.3. The molecule has 1 N–H and O–H groups in total. The summed E-state index contributed by atoms with van der Waals surface area (Å²) in [6, 6.07) is 0. The Labute approximate surface area is 80.8 Å². The highest BCUT2D eigenvalue weighted by Crippen LogP contribution is 2.07. The van der Waals surface area contributed by atoms with Crippen LogP contribution in [0.3, 0.4) is 0 Å². The van der Waals surface area contributed by atoms with E-state index >= 15 is 0 Å². The van der Waals surface area contributed by atoms with E-state index in [1.807, 2.05) is 27.7 Å². The lowest BCUT2D eigenvalue weighted by Crippen LogP contribution is -2.36. The predicted octanol–water partition coefficient (Wildman–Crippen LogP) is 2.27. The molecule has 0 saturated carbocycles. The van der Waals surface area contributed by atoms with Crippen LogP contribution in [-0.2, 0) is 9.63 Å². The van der Waals surface area contributed by atoms with Gasteiger partial charge >= 0.3 is 0 Å². The van der Waals surface area contributed by atoms with Crippen molar-refractivity contribution in [2.24, 2.45) is 5.92 Å². The molecule has 1 atom stereocenters. The first kappa shape index (κ1) is 12.4. The summed E-state index contributed by atoms with van der Waals surface area (Å²) in [6.45, 7) is 9.67. The van der Waals surface area contributed by atoms with E-state index in [0.717, 1.165) is 12.8 Å². The lowest BCUT2D eigenvalue weighted by Gasteiger charge is -2.20. The molecule has 3 nitrogen and oxygen atoms in total. The molecule has 0 aromatic rings. The van der Waals surface area contributed by atoms with Gasteiger partial charge in [-0.25, -0.2) is 5.48 Å². The molecule has 0 aromatic carbocycles. The average Bonchev–Trinajstić information content (AvgIpc) is 1.99. The van der Waals surface area contributed by atoms with Gasteiger partial charge in [-0.3, -0.25) is 9.63 Å². The fourth-order valence-corrected chi connectivity index (χ4v) is 0.868. The number of amides is 1. The van der Waals surface area contributed by atoms with Crippen molar-refractivity contribution in [3.8, 4) is 0 Å². The number of rotatable bonds is 4. The molecule has 0 rings (SSSR count). The Bertz CT molecular complexity index is 161. The fourth-order valence-electron chi connectivity index (χ4n) is 0.868. The van der Waals surface area contributed by atoms with E-state index in [-0.39, 0.29) is 17.4 Å². The zero-order valence-corrected chi connectivity index (χ0v) is 9.31. The molecule has 1 amide bonds. The third-order valence-corrected chi connectivity index (χ3v) is 1.63. The first-order valence-electron chi connectivity index (χ1n) is 4.84. The van der Waals surface area contributed by atoms with Crippen LogP contribution in [0.25, 0.3) is 0 Å². The number of hydrogen-bond donors (Lipinski definition) is 1. The summed E-state index contributed by atoms with van der Waals surface area (Å²) in [5.41, 5.74) is 2.15. The molecule has 3 heteroatoms. The molecule has 78 valence electrons. The normalized spacial score (nSPS) is 13.9. The maximum Gasteiger partial charge on any atom is 0.246 e. The highest BCUT2D eigenvalue weighted by molar-refractivity contribution is 5.77. The van der Waals surface area contributed by atoms with Crippen LogP contribution in [0.1, 0.15) is 47.5 Å². The van der Waals surface area contributed by atoms with Crippen molar-refractivity contribution in [2.75, 3.05) is 0 Å². The van der Waals surface area contributed by atoms with E-state index < -0.39 is 0 Å². The van der Waals surface area contributed by atoms with Crippen LogP contribution in [-0.4, -0.2) is 11.5 Å². The summed E-state index contributed by atoms with van der Waals surface area (Å²) >= 11 is 0. The van der Waals surface area contributed by atoms with Gasteiger partial charge in [-0.2, -0.15) is 0 Å². The Kier molecular flexibility index (Phi) is 4.99. The van der Waals surface area contributed by atoms with Crippen LogP contribution in [0.15, 0.2) is 0 Å². The molecule has 0 aromatic heterocycles. The molecule has 1 unspecified atom stereocenters. The molecule has 0 radical (unpaired) electrons. The van der Waals surface area contributed by atoms with E-state index in [4.69, 9.17) is 4.84 Å². The maximum absolute atomic E-state index is 11.3. The second-order valence-corrected chi connectivity index (χ2v) is 4.37. The zero-order valence-electron chi connectivity index (χ0n) is 9.31. The Morgan fingerprint density at radius 2 is 2.00 bits per heavy atom. The first-order chi connectivity index (χ1) is 5.87. The van der Waals surface area contributed by atoms with Crippen molar-refractivity contribution in [2.45, 2.75) is 53.1 Å². The van der Waals surface area contributed by atoms with Crippen LogP contribution in [0.2, 0.25) is 0 Å². The molecule has 0 aliphatic heterocycles. The second kappa shape index (κ2) is 5.22. The van der Waals surface area contributed by atoms with Crippen LogP contribution in [0, 0.1) is 5.92 Å². The largest absolute Gasteiger partial charge is 0.273 e. The van der Waals surface area contributed by atoms with E-state index in [1.54, 1.807) is 0 Å². The lowest BCUT2D eigenvalue weighted by molar-refractivity contribution is -0.149. The van der Waals surface area contributed by atoms with E-state index in [0.29, 0.717) is 0 Å². The third-order valence-electron chi connectivity index (χ3n) is 1.63. The minimum absolute atomic E-state index is 0.0308. The molecule has 13 heavy (non-hydrogen) atoms. The van der Waals surface area contributed by atoms with Crippen molar-refractivity contribution in [1.29, 1.82) is 0 Å². The molecular weight excluding hydrogens is 166 g/mol. The molecule has 0 fully saturated rings. The fraction of sp³-hybridized carbons (Fsp3) is 0.900. The van der Waals surface area contributed by atoms with E-state index in [9.17, 15) is 4.79 Å². The average molecular weight is 187 g/mol. The van der Waals surface area contributed by atoms with Crippen LogP contribution < -0.4 is 5.48 Å². The van der Waals surface area contributed by atoms with Gasteiger partial charge in [-0.15, -0.1) is 0 Å². The van der Waals surface area contributed by atoms with Gasteiger partial charge in [0.15, 0.2) is 0 Å². The molecule has 0 bridgehead atoms. The number of carbonyl (C=O) groups excluding carboxylic acids is 1. The smallest absolute Gasteiger partial charge is 0.246 e. The van der Waals surface area contributed by atoms with Crippen molar-refractivity contribution in [3.63, 3.8) is 0 Å². The Hall–Kier alpha value is -0.570. The zero-order chi connectivity index (χ0) is 10.5. The van der Waals surface area contributed by atoms with Gasteiger partial charge in [0, 0.05) is 5.92 Å². The highest BCUT2D eigenvalue weighted by Gasteiger charge is 2.16. The third kappa shape index (κ3) is 6.58. The number of hydrogen-bond acceptors (Lipinski definition) is 2. The van der Waals surface area contributed by atoms with Gasteiger partial charge in [0.1, 0.15) is 0 Å². The van der Waals surface area contributed by atoms with Crippen LogP contribution >= 0.6 is 0 Å². The van der Waals surface area contributed by atoms with E-state index in [2.05, 4.69) is 12.4 Å². The minimum Gasteiger partial charge on any atom is -0.273 e. The molecule has 0 saturated heterocycles. The van der Waals surface area contributed by atoms with Crippen molar-refractivity contribution >= 4 is 5.91 Å². The number of carbonyl (C=O) groups is 1. The van der Waals surface area contributed by atoms with Crippen LogP contribution in [0.5, 0.6) is 0 Å². The van der Waals surface area contributed by atoms with Crippen molar-refractivity contribution in [1.82, 2.24) is 5.48 Å². The lowest BCUT2D eigenvalue weighted by atomic mass is 10.1. The standard InChI is InChI=1S/C10H21NO2/c1-6-7-8(2)9(12)11-13-10(3,4)5/h8H,6-7H2,1-5H3,(H,11,12). The monoisotopic (exact) mass is 187 g/mol. The Balaban J connectivity index is 3.74. The van der Waals surface area contributed by atoms with Crippen molar-refractivity contribution < 1.29 is 9.63 Å². The predicted molar refractivity (Wildman–Crippen MR) is 53.1 cm³/mol. The summed E-state index contributed by atoms with van der Waals surface area (Å²) in [4.78, 5) is 16.5. The second-order valence-electron chi connectivity index (χ2n) is 4.37. The molecular formula is C10H21NO2. The summed E-state index contributed by atoms with van der Waals surface area (Å²) in [6.07, 6.45) is 1.92. The Morgan fingerprint density at radius 1 is 1.46 bits per heavy atom. The quantitative estimate of drug-likeness (QED) is 0.686. The van der Waals surface area contributed by atoms with Gasteiger partial charge in [0.05, 0.1) is 5.60 Å². The summed E-state index contributed by atoms with van der Waals surface area (Å²) in [5.74, 6) is 0.00382. The molecule has 0 spiro atoms. The van der Waals surface area contributed by atoms with Gasteiger partial charge in [-0.1, -0.05) is 20.3 Å². The minimum atomic E-state index is -0.318. The van der Waals surface area contributed by atoms with Crippen molar-refractivity contribution in [3.05, 3.63) is 0 Å². The Morgan fingerprint density at radius 3 is 2.38 bits per heavy atom. The van der Waals surface area contributed by atoms with E-state index in [1.165, 1.54) is 0 Å². The topological polar surface area (TPSA) is 38.3 Å². The summed E-state index contributed by atoms with van der Waals surface area (Å²) in [5, 5.41) is 0. The summed E-state index contributed by atoms with van der Waals surface area (Å²) in [7, 11) is 0. The number of nitrogens with one attached hydrogen (secondary N) is 1.